The molecule has 114 valence electrons. The highest BCUT2D eigenvalue weighted by Gasteiger charge is 2.21. The highest BCUT2D eigenvalue weighted by molar-refractivity contribution is 9.10. The van der Waals surface area contributed by atoms with Gasteiger partial charge in [0.2, 0.25) is 0 Å². The van der Waals surface area contributed by atoms with E-state index in [0.29, 0.717) is 0 Å². The molecule has 0 aliphatic carbocycles. The summed E-state index contributed by atoms with van der Waals surface area (Å²) in [7, 11) is 3.75. The summed E-state index contributed by atoms with van der Waals surface area (Å²) in [4.78, 5) is 13.7. The summed E-state index contributed by atoms with van der Waals surface area (Å²) in [6.45, 7) is 7.64. The molecule has 0 radical (unpaired) electrons. The summed E-state index contributed by atoms with van der Waals surface area (Å²) < 4.78 is 8.48. The smallest absolute Gasteiger partial charge is 0.414 e. The Bertz CT molecular complexity index is 698. The monoisotopic (exact) mass is 352 g/mol. The predicted octanol–water partition coefficient (Wildman–Crippen LogP) is 4.62. The number of hydrogen-bond acceptors (Lipinski definition) is 2. The van der Waals surface area contributed by atoms with Crippen molar-refractivity contribution in [1.29, 1.82) is 0 Å². The molecule has 0 atom stereocenters. The maximum absolute atomic E-state index is 12.2. The van der Waals surface area contributed by atoms with Crippen molar-refractivity contribution >= 4 is 38.6 Å². The van der Waals surface area contributed by atoms with Crippen molar-refractivity contribution in [3.63, 3.8) is 0 Å². The highest BCUT2D eigenvalue weighted by atomic mass is 79.9. The molecule has 1 amide bonds. The summed E-state index contributed by atoms with van der Waals surface area (Å²) in [5, 5.41) is 1.09. The van der Waals surface area contributed by atoms with Crippen molar-refractivity contribution in [3.05, 3.63) is 28.4 Å². The number of benzene rings is 1. The first-order valence-electron chi connectivity index (χ1n) is 6.82. The number of aryl methyl sites for hydroxylation is 2. The quantitative estimate of drug-likeness (QED) is 0.750. The van der Waals surface area contributed by atoms with E-state index in [0.717, 1.165) is 21.1 Å². The number of carbonyl (C=O) groups excluding carboxylic acids is 1. The Balaban J connectivity index is 2.41. The van der Waals surface area contributed by atoms with E-state index in [1.165, 1.54) is 10.6 Å². The van der Waals surface area contributed by atoms with Crippen LogP contribution in [0.5, 0.6) is 0 Å². The molecule has 1 aromatic carbocycles. The normalized spacial score (nSPS) is 11.8. The van der Waals surface area contributed by atoms with Gasteiger partial charge in [0.05, 0.1) is 5.52 Å². The predicted molar refractivity (Wildman–Crippen MR) is 90.0 cm³/mol. The second kappa shape index (κ2) is 5.37. The van der Waals surface area contributed by atoms with Crippen LogP contribution in [0.4, 0.5) is 10.5 Å². The standard InChI is InChI=1S/C16H21BrN2O2/c1-10-7-11-8-12(9-13(17)14(11)18(10)5)19(6)15(20)21-16(2,3)4/h7-9H,1-6H3. The van der Waals surface area contributed by atoms with Gasteiger partial charge in [-0.3, -0.25) is 4.90 Å². The fraction of sp³-hybridized carbons (Fsp3) is 0.438. The van der Waals surface area contributed by atoms with E-state index in [9.17, 15) is 4.79 Å². The minimum absolute atomic E-state index is 0.360. The van der Waals surface area contributed by atoms with E-state index in [-0.39, 0.29) is 6.09 Å². The molecule has 5 heteroatoms. The molecule has 0 aliphatic rings. The van der Waals surface area contributed by atoms with E-state index in [2.05, 4.69) is 33.5 Å². The molecule has 21 heavy (non-hydrogen) atoms. The van der Waals surface area contributed by atoms with Gasteiger partial charge >= 0.3 is 6.09 Å². The fourth-order valence-electron chi connectivity index (χ4n) is 2.20. The van der Waals surface area contributed by atoms with Crippen LogP contribution in [0, 0.1) is 6.92 Å². The minimum atomic E-state index is -0.504. The molecular formula is C16H21BrN2O2. The second-order valence-electron chi connectivity index (χ2n) is 6.25. The van der Waals surface area contributed by atoms with Crippen LogP contribution in [0.3, 0.4) is 0 Å². The molecule has 0 N–H and O–H groups in total. The number of fused-ring (bicyclic) bond motifs is 1. The number of aromatic nitrogens is 1. The minimum Gasteiger partial charge on any atom is -0.443 e. The molecule has 1 heterocycles. The van der Waals surface area contributed by atoms with Crippen LogP contribution < -0.4 is 4.90 Å². The van der Waals surface area contributed by atoms with Crippen LogP contribution in [-0.2, 0) is 11.8 Å². The Labute approximate surface area is 133 Å². The van der Waals surface area contributed by atoms with Crippen LogP contribution >= 0.6 is 15.9 Å². The first-order valence-corrected chi connectivity index (χ1v) is 7.62. The largest absolute Gasteiger partial charge is 0.443 e. The first kappa shape index (κ1) is 15.9. The number of nitrogens with zero attached hydrogens (tertiary/aromatic N) is 2. The summed E-state index contributed by atoms with van der Waals surface area (Å²) in [6.07, 6.45) is -0.360. The molecule has 2 rings (SSSR count). The zero-order valence-corrected chi connectivity index (χ0v) is 14.9. The van der Waals surface area contributed by atoms with Crippen LogP contribution in [0.15, 0.2) is 22.7 Å². The molecule has 0 saturated carbocycles. The Morgan fingerprint density at radius 2 is 1.90 bits per heavy atom. The van der Waals surface area contributed by atoms with E-state index in [1.54, 1.807) is 7.05 Å². The molecule has 2 aromatic rings. The van der Waals surface area contributed by atoms with Gasteiger partial charge in [-0.25, -0.2) is 4.79 Å². The molecule has 0 aliphatic heterocycles. The molecular weight excluding hydrogens is 332 g/mol. The Kier molecular flexibility index (Phi) is 4.06. The summed E-state index contributed by atoms with van der Waals surface area (Å²) in [5.74, 6) is 0. The lowest BCUT2D eigenvalue weighted by Crippen LogP contribution is -2.34. The molecule has 0 fully saturated rings. The Morgan fingerprint density at radius 1 is 1.29 bits per heavy atom. The van der Waals surface area contributed by atoms with Gasteiger partial charge in [0.1, 0.15) is 5.60 Å². The number of amides is 1. The number of halogens is 1. The van der Waals surface area contributed by atoms with Crippen molar-refractivity contribution < 1.29 is 9.53 Å². The summed E-state index contributed by atoms with van der Waals surface area (Å²) in [6, 6.07) is 6.04. The third kappa shape index (κ3) is 3.23. The van der Waals surface area contributed by atoms with Gasteiger partial charge in [-0.05, 0) is 61.8 Å². The van der Waals surface area contributed by atoms with Crippen LogP contribution in [0.1, 0.15) is 26.5 Å². The van der Waals surface area contributed by atoms with Gasteiger partial charge in [0.25, 0.3) is 0 Å². The third-order valence-corrected chi connectivity index (χ3v) is 3.97. The van der Waals surface area contributed by atoms with Crippen molar-refractivity contribution in [1.82, 2.24) is 4.57 Å². The average Bonchev–Trinajstić information content (AvgIpc) is 2.62. The van der Waals surface area contributed by atoms with E-state index in [4.69, 9.17) is 4.74 Å². The lowest BCUT2D eigenvalue weighted by molar-refractivity contribution is 0.0589. The van der Waals surface area contributed by atoms with Gasteiger partial charge in [-0.15, -0.1) is 0 Å². The second-order valence-corrected chi connectivity index (χ2v) is 7.10. The third-order valence-electron chi connectivity index (χ3n) is 3.36. The van der Waals surface area contributed by atoms with Crippen LogP contribution in [0.25, 0.3) is 10.9 Å². The van der Waals surface area contributed by atoms with E-state index >= 15 is 0 Å². The number of rotatable bonds is 1. The lowest BCUT2D eigenvalue weighted by atomic mass is 10.2. The van der Waals surface area contributed by atoms with Gasteiger partial charge < -0.3 is 9.30 Å². The van der Waals surface area contributed by atoms with Gasteiger partial charge in [0.15, 0.2) is 0 Å². The number of carbonyl (C=O) groups is 1. The molecule has 0 saturated heterocycles. The number of anilines is 1. The topological polar surface area (TPSA) is 34.5 Å². The Morgan fingerprint density at radius 3 is 2.48 bits per heavy atom. The lowest BCUT2D eigenvalue weighted by Gasteiger charge is -2.25. The van der Waals surface area contributed by atoms with E-state index in [1.807, 2.05) is 40.0 Å². The summed E-state index contributed by atoms with van der Waals surface area (Å²) >= 11 is 3.59. The number of ether oxygens (including phenoxy) is 1. The molecule has 0 unspecified atom stereocenters. The maximum Gasteiger partial charge on any atom is 0.414 e. The van der Waals surface area contributed by atoms with Crippen molar-refractivity contribution in [2.45, 2.75) is 33.3 Å². The van der Waals surface area contributed by atoms with Gasteiger partial charge in [0, 0.05) is 35.3 Å². The van der Waals surface area contributed by atoms with E-state index < -0.39 is 5.60 Å². The van der Waals surface area contributed by atoms with Crippen LogP contribution in [0.2, 0.25) is 0 Å². The van der Waals surface area contributed by atoms with Crippen LogP contribution in [-0.4, -0.2) is 23.3 Å². The number of hydrogen-bond donors (Lipinski definition) is 0. The molecule has 0 spiro atoms. The average molecular weight is 353 g/mol. The molecule has 1 aromatic heterocycles. The highest BCUT2D eigenvalue weighted by Crippen LogP contribution is 2.32. The summed E-state index contributed by atoms with van der Waals surface area (Å²) in [5.41, 5.74) is 2.58. The Hall–Kier alpha value is -1.49. The SMILES string of the molecule is Cc1cc2cc(N(C)C(=O)OC(C)(C)C)cc(Br)c2n1C. The van der Waals surface area contributed by atoms with Crippen molar-refractivity contribution in [2.24, 2.45) is 7.05 Å². The first-order chi connectivity index (χ1) is 9.60. The van der Waals surface area contributed by atoms with Gasteiger partial charge in [-0.1, -0.05) is 0 Å². The maximum atomic E-state index is 12.2. The molecule has 4 nitrogen and oxygen atoms in total. The van der Waals surface area contributed by atoms with Crippen molar-refractivity contribution in [3.8, 4) is 0 Å². The van der Waals surface area contributed by atoms with Gasteiger partial charge in [-0.2, -0.15) is 0 Å². The zero-order chi connectivity index (χ0) is 15.9. The fourth-order valence-corrected chi connectivity index (χ4v) is 2.93. The van der Waals surface area contributed by atoms with Crippen molar-refractivity contribution in [2.75, 3.05) is 11.9 Å². The molecule has 0 bridgehead atoms. The zero-order valence-electron chi connectivity index (χ0n) is 13.3.